The first-order chi connectivity index (χ1) is 6.34. The van der Waals surface area contributed by atoms with E-state index < -0.39 is 11.8 Å². The third kappa shape index (κ3) is 2.32. The molecule has 1 unspecified atom stereocenters. The minimum absolute atomic E-state index is 0.123. The first-order valence-electron chi connectivity index (χ1n) is 5.12. The van der Waals surface area contributed by atoms with Gasteiger partial charge in [-0.2, -0.15) is 0 Å². The van der Waals surface area contributed by atoms with Gasteiger partial charge in [-0.05, 0) is 33.7 Å². The van der Waals surface area contributed by atoms with Crippen molar-refractivity contribution in [3.05, 3.63) is 12.2 Å². The van der Waals surface area contributed by atoms with Gasteiger partial charge >= 0.3 is 0 Å². The van der Waals surface area contributed by atoms with Crippen LogP contribution in [0.25, 0.3) is 0 Å². The van der Waals surface area contributed by atoms with Crippen LogP contribution < -0.4 is 0 Å². The second-order valence-corrected chi connectivity index (χ2v) is 4.51. The van der Waals surface area contributed by atoms with Crippen LogP contribution in [0.3, 0.4) is 0 Å². The number of halogens is 2. The van der Waals surface area contributed by atoms with Crippen LogP contribution in [0.2, 0.25) is 0 Å². The summed E-state index contributed by atoms with van der Waals surface area (Å²) < 4.78 is 27.3. The maximum absolute atomic E-state index is 13.6. The second kappa shape index (κ2) is 3.97. The van der Waals surface area contributed by atoms with Gasteiger partial charge < -0.3 is 0 Å². The van der Waals surface area contributed by atoms with Crippen molar-refractivity contribution in [1.29, 1.82) is 0 Å². The van der Waals surface area contributed by atoms with Crippen LogP contribution in [0.15, 0.2) is 12.2 Å². The first kappa shape index (κ1) is 11.6. The van der Waals surface area contributed by atoms with Crippen molar-refractivity contribution in [3.63, 3.8) is 0 Å². The molecule has 0 spiro atoms. The van der Waals surface area contributed by atoms with E-state index in [-0.39, 0.29) is 12.6 Å². The summed E-state index contributed by atoms with van der Waals surface area (Å²) in [6.45, 7) is 9.89. The van der Waals surface area contributed by atoms with Crippen molar-refractivity contribution in [2.45, 2.75) is 39.2 Å². The van der Waals surface area contributed by atoms with Gasteiger partial charge in [-0.1, -0.05) is 12.2 Å². The molecule has 1 aliphatic heterocycles. The van der Waals surface area contributed by atoms with Crippen LogP contribution in [0.5, 0.6) is 0 Å². The number of rotatable bonds is 2. The number of nitrogens with zero attached hydrogens (tertiary/aromatic N) is 1. The quantitative estimate of drug-likeness (QED) is 0.624. The molecule has 1 rings (SSSR count). The lowest BCUT2D eigenvalue weighted by molar-refractivity contribution is -0.104. The fourth-order valence-corrected chi connectivity index (χ4v) is 2.01. The maximum atomic E-state index is 13.6. The zero-order valence-electron chi connectivity index (χ0n) is 9.19. The van der Waals surface area contributed by atoms with Crippen molar-refractivity contribution in [2.75, 3.05) is 13.1 Å². The Kier molecular flexibility index (Phi) is 3.30. The number of allylic oxidation sites excluding steroid dienone is 1. The Morgan fingerprint density at radius 2 is 2.07 bits per heavy atom. The molecule has 1 nitrogen and oxygen atoms in total. The molecular weight excluding hydrogens is 184 g/mol. The van der Waals surface area contributed by atoms with Crippen LogP contribution in [0.4, 0.5) is 8.78 Å². The summed E-state index contributed by atoms with van der Waals surface area (Å²) in [5, 5.41) is 0. The molecule has 1 atom stereocenters. The van der Waals surface area contributed by atoms with Crippen LogP contribution in [0.1, 0.15) is 27.2 Å². The first-order valence-corrected chi connectivity index (χ1v) is 5.12. The molecule has 14 heavy (non-hydrogen) atoms. The molecular formula is C11H19F2N. The molecule has 0 aromatic heterocycles. The topological polar surface area (TPSA) is 3.24 Å². The molecule has 1 fully saturated rings. The van der Waals surface area contributed by atoms with Gasteiger partial charge in [-0.25, -0.2) is 8.78 Å². The minimum Gasteiger partial charge on any atom is -0.295 e. The molecule has 1 heterocycles. The van der Waals surface area contributed by atoms with E-state index in [0.29, 0.717) is 12.0 Å². The zero-order chi connectivity index (χ0) is 10.9. The average Bonchev–Trinajstić information content (AvgIpc) is 2.01. The van der Waals surface area contributed by atoms with Gasteiger partial charge in [-0.3, -0.25) is 4.90 Å². The largest absolute Gasteiger partial charge is 0.295 e. The smallest absolute Gasteiger partial charge is 0.266 e. The van der Waals surface area contributed by atoms with Crippen LogP contribution in [-0.2, 0) is 0 Å². The van der Waals surface area contributed by atoms with Crippen molar-refractivity contribution in [2.24, 2.45) is 5.92 Å². The lowest BCUT2D eigenvalue weighted by Gasteiger charge is -2.40. The Morgan fingerprint density at radius 1 is 1.50 bits per heavy atom. The molecule has 0 amide bonds. The summed E-state index contributed by atoms with van der Waals surface area (Å²) in [5.74, 6) is -3.23. The summed E-state index contributed by atoms with van der Waals surface area (Å²) in [6.07, 6.45) is 0.528. The van der Waals surface area contributed by atoms with E-state index in [2.05, 4.69) is 6.58 Å². The van der Waals surface area contributed by atoms with E-state index in [1.807, 2.05) is 18.7 Å². The van der Waals surface area contributed by atoms with E-state index in [9.17, 15) is 8.78 Å². The van der Waals surface area contributed by atoms with E-state index in [0.717, 1.165) is 6.54 Å². The Bertz CT molecular complexity index is 223. The lowest BCUT2D eigenvalue weighted by Crippen LogP contribution is -2.51. The minimum atomic E-state index is -2.60. The van der Waals surface area contributed by atoms with E-state index >= 15 is 0 Å². The molecule has 82 valence electrons. The molecule has 3 heteroatoms. The standard InChI is InChI=1S/C11H19F2N/c1-8(2)10-5-6-14(9(3)4)7-11(10,12)13/h9-10H,1,5-7H2,2-4H3. The number of likely N-dealkylation sites (tertiary alicyclic amines) is 1. The highest BCUT2D eigenvalue weighted by Gasteiger charge is 2.45. The van der Waals surface area contributed by atoms with E-state index in [4.69, 9.17) is 0 Å². The molecule has 0 aliphatic carbocycles. The summed E-state index contributed by atoms with van der Waals surface area (Å²) in [5.41, 5.74) is 0.610. The number of hydrogen-bond acceptors (Lipinski definition) is 1. The molecule has 0 aromatic carbocycles. The van der Waals surface area contributed by atoms with Gasteiger partial charge in [0.1, 0.15) is 0 Å². The normalized spacial score (nSPS) is 28.0. The SMILES string of the molecule is C=C(C)C1CCN(C(C)C)CC1(F)F. The Hall–Kier alpha value is -0.440. The van der Waals surface area contributed by atoms with Gasteiger partial charge in [0.2, 0.25) is 0 Å². The van der Waals surface area contributed by atoms with E-state index in [1.165, 1.54) is 0 Å². The number of hydrogen-bond donors (Lipinski definition) is 0. The fourth-order valence-electron chi connectivity index (χ4n) is 2.01. The maximum Gasteiger partial charge on any atom is 0.266 e. The summed E-state index contributed by atoms with van der Waals surface area (Å²) in [7, 11) is 0. The molecule has 0 saturated carbocycles. The van der Waals surface area contributed by atoms with Crippen LogP contribution in [-0.4, -0.2) is 30.0 Å². The predicted molar refractivity (Wildman–Crippen MR) is 54.6 cm³/mol. The molecule has 1 aliphatic rings. The summed E-state index contributed by atoms with van der Waals surface area (Å²) in [6, 6.07) is 0.201. The Morgan fingerprint density at radius 3 is 2.43 bits per heavy atom. The molecule has 0 radical (unpaired) electrons. The zero-order valence-corrected chi connectivity index (χ0v) is 9.19. The van der Waals surface area contributed by atoms with Gasteiger partial charge in [0, 0.05) is 12.0 Å². The highest BCUT2D eigenvalue weighted by Crippen LogP contribution is 2.37. The second-order valence-electron chi connectivity index (χ2n) is 4.51. The molecule has 0 bridgehead atoms. The predicted octanol–water partition coefficient (Wildman–Crippen LogP) is 2.93. The third-order valence-corrected chi connectivity index (χ3v) is 2.95. The van der Waals surface area contributed by atoms with Crippen molar-refractivity contribution < 1.29 is 8.78 Å². The van der Waals surface area contributed by atoms with Gasteiger partial charge in [-0.15, -0.1) is 0 Å². The summed E-state index contributed by atoms with van der Waals surface area (Å²) in [4.78, 5) is 1.83. The fraction of sp³-hybridized carbons (Fsp3) is 0.818. The molecule has 1 saturated heterocycles. The third-order valence-electron chi connectivity index (χ3n) is 2.95. The lowest BCUT2D eigenvalue weighted by atomic mass is 9.87. The van der Waals surface area contributed by atoms with Crippen molar-refractivity contribution in [3.8, 4) is 0 Å². The van der Waals surface area contributed by atoms with Crippen LogP contribution >= 0.6 is 0 Å². The van der Waals surface area contributed by atoms with Crippen molar-refractivity contribution >= 4 is 0 Å². The molecule has 0 N–H and O–H groups in total. The van der Waals surface area contributed by atoms with Gasteiger partial charge in [0.15, 0.2) is 0 Å². The average molecular weight is 203 g/mol. The highest BCUT2D eigenvalue weighted by atomic mass is 19.3. The molecule has 0 aromatic rings. The Labute approximate surface area is 84.8 Å². The number of piperidine rings is 1. The van der Waals surface area contributed by atoms with Gasteiger partial charge in [0.25, 0.3) is 5.92 Å². The number of alkyl halides is 2. The van der Waals surface area contributed by atoms with Crippen molar-refractivity contribution in [1.82, 2.24) is 4.90 Å². The van der Waals surface area contributed by atoms with Crippen LogP contribution in [0, 0.1) is 5.92 Å². The summed E-state index contributed by atoms with van der Waals surface area (Å²) >= 11 is 0. The Balaban J connectivity index is 2.70. The van der Waals surface area contributed by atoms with Gasteiger partial charge in [0.05, 0.1) is 6.54 Å². The van der Waals surface area contributed by atoms with E-state index in [1.54, 1.807) is 6.92 Å². The highest BCUT2D eigenvalue weighted by molar-refractivity contribution is 5.05. The monoisotopic (exact) mass is 203 g/mol.